The summed E-state index contributed by atoms with van der Waals surface area (Å²) in [4.78, 5) is 4.33. The molecular formula is C14H16BrN3. The van der Waals surface area contributed by atoms with Gasteiger partial charge in [0.25, 0.3) is 0 Å². The molecule has 1 aromatic carbocycles. The lowest BCUT2D eigenvalue weighted by Gasteiger charge is -2.14. The molecular weight excluding hydrogens is 290 g/mol. The molecule has 0 saturated carbocycles. The van der Waals surface area contributed by atoms with Gasteiger partial charge in [-0.2, -0.15) is 0 Å². The Morgan fingerprint density at radius 3 is 2.22 bits per heavy atom. The van der Waals surface area contributed by atoms with Crippen molar-refractivity contribution >= 4 is 33.1 Å². The zero-order valence-corrected chi connectivity index (χ0v) is 12.3. The van der Waals surface area contributed by atoms with Crippen molar-refractivity contribution in [2.24, 2.45) is 0 Å². The summed E-state index contributed by atoms with van der Waals surface area (Å²) in [6.45, 7) is 6.15. The van der Waals surface area contributed by atoms with E-state index in [1.807, 2.05) is 13.0 Å². The molecule has 0 aliphatic heterocycles. The second-order valence-corrected chi connectivity index (χ2v) is 5.39. The quantitative estimate of drug-likeness (QED) is 0.878. The van der Waals surface area contributed by atoms with Crippen molar-refractivity contribution in [3.05, 3.63) is 45.6 Å². The molecule has 1 aromatic heterocycles. The molecule has 2 aromatic rings. The third-order valence-corrected chi connectivity index (χ3v) is 3.30. The number of rotatable bonds is 2. The van der Waals surface area contributed by atoms with Gasteiger partial charge in [-0.25, -0.2) is 4.98 Å². The first-order chi connectivity index (χ1) is 8.47. The number of pyridine rings is 1. The van der Waals surface area contributed by atoms with Crippen LogP contribution in [0.5, 0.6) is 0 Å². The van der Waals surface area contributed by atoms with Gasteiger partial charge in [-0.15, -0.1) is 0 Å². The molecule has 4 heteroatoms. The molecule has 2 rings (SSSR count). The number of hydrogen-bond donors (Lipinski definition) is 2. The Labute approximate surface area is 116 Å². The number of nitrogens with zero attached hydrogens (tertiary/aromatic N) is 1. The van der Waals surface area contributed by atoms with Crippen LogP contribution in [0.15, 0.2) is 28.9 Å². The van der Waals surface area contributed by atoms with Gasteiger partial charge in [-0.05, 0) is 55.7 Å². The molecule has 0 radical (unpaired) electrons. The van der Waals surface area contributed by atoms with E-state index in [-0.39, 0.29) is 0 Å². The third kappa shape index (κ3) is 2.64. The molecule has 0 saturated heterocycles. The van der Waals surface area contributed by atoms with Crippen molar-refractivity contribution in [2.75, 3.05) is 11.1 Å². The number of hydrogen-bond acceptors (Lipinski definition) is 3. The van der Waals surface area contributed by atoms with E-state index < -0.39 is 0 Å². The van der Waals surface area contributed by atoms with E-state index in [2.05, 4.69) is 52.2 Å². The van der Waals surface area contributed by atoms with Gasteiger partial charge in [0, 0.05) is 10.2 Å². The lowest BCUT2D eigenvalue weighted by atomic mass is 10.1. The fraction of sp³-hybridized carbons (Fsp3) is 0.214. The second kappa shape index (κ2) is 4.98. The summed E-state index contributed by atoms with van der Waals surface area (Å²) in [5.74, 6) is 0.845. The highest BCUT2D eigenvalue weighted by molar-refractivity contribution is 9.10. The molecule has 0 spiro atoms. The Balaban J connectivity index is 2.40. The van der Waals surface area contributed by atoms with Gasteiger partial charge in [0.15, 0.2) is 0 Å². The average molecular weight is 306 g/mol. The molecule has 3 N–H and O–H groups in total. The van der Waals surface area contributed by atoms with E-state index in [4.69, 9.17) is 5.73 Å². The van der Waals surface area contributed by atoms with Gasteiger partial charge in [-0.1, -0.05) is 15.9 Å². The minimum absolute atomic E-state index is 0.683. The fourth-order valence-electron chi connectivity index (χ4n) is 1.95. The van der Waals surface area contributed by atoms with E-state index in [9.17, 15) is 0 Å². The van der Waals surface area contributed by atoms with E-state index in [0.29, 0.717) is 5.69 Å². The standard InChI is InChI=1S/C14H16BrN3/c1-8-4-11(15)5-9(2)13(8)18-14-10(3)6-12(16)7-17-14/h4-7H,16H2,1-3H3,(H,17,18). The number of anilines is 3. The maximum atomic E-state index is 5.70. The molecule has 0 aliphatic rings. The molecule has 0 atom stereocenters. The van der Waals surface area contributed by atoms with E-state index in [1.54, 1.807) is 6.20 Å². The normalized spacial score (nSPS) is 10.4. The number of nitrogen functional groups attached to an aromatic ring is 1. The Morgan fingerprint density at radius 2 is 1.67 bits per heavy atom. The number of halogens is 1. The summed E-state index contributed by atoms with van der Waals surface area (Å²) >= 11 is 3.50. The maximum absolute atomic E-state index is 5.70. The fourth-order valence-corrected chi connectivity index (χ4v) is 2.64. The van der Waals surface area contributed by atoms with Gasteiger partial charge < -0.3 is 11.1 Å². The topological polar surface area (TPSA) is 50.9 Å². The molecule has 3 nitrogen and oxygen atoms in total. The number of aryl methyl sites for hydroxylation is 3. The van der Waals surface area contributed by atoms with Crippen LogP contribution >= 0.6 is 15.9 Å². The number of nitrogens with two attached hydrogens (primary N) is 1. The summed E-state index contributed by atoms with van der Waals surface area (Å²) < 4.78 is 1.09. The van der Waals surface area contributed by atoms with Gasteiger partial charge in [0.1, 0.15) is 5.82 Å². The summed E-state index contributed by atoms with van der Waals surface area (Å²) in [5.41, 5.74) is 10.9. The van der Waals surface area contributed by atoms with Crippen molar-refractivity contribution in [3.63, 3.8) is 0 Å². The van der Waals surface area contributed by atoms with Crippen LogP contribution < -0.4 is 11.1 Å². The number of benzene rings is 1. The van der Waals surface area contributed by atoms with Gasteiger partial charge in [-0.3, -0.25) is 0 Å². The zero-order chi connectivity index (χ0) is 13.3. The smallest absolute Gasteiger partial charge is 0.133 e. The molecule has 0 bridgehead atoms. The van der Waals surface area contributed by atoms with Crippen molar-refractivity contribution in [2.45, 2.75) is 20.8 Å². The Kier molecular flexibility index (Phi) is 3.57. The second-order valence-electron chi connectivity index (χ2n) is 4.47. The highest BCUT2D eigenvalue weighted by Crippen LogP contribution is 2.28. The Bertz CT molecular complexity index is 571. The van der Waals surface area contributed by atoms with Crippen LogP contribution in [-0.2, 0) is 0 Å². The molecule has 0 fully saturated rings. The predicted molar refractivity (Wildman–Crippen MR) is 80.3 cm³/mol. The zero-order valence-electron chi connectivity index (χ0n) is 10.7. The van der Waals surface area contributed by atoms with Crippen molar-refractivity contribution < 1.29 is 0 Å². The first kappa shape index (κ1) is 12.9. The van der Waals surface area contributed by atoms with Crippen LogP contribution in [0.4, 0.5) is 17.2 Å². The largest absolute Gasteiger partial charge is 0.397 e. The number of aromatic nitrogens is 1. The number of nitrogens with one attached hydrogen (secondary N) is 1. The summed E-state index contributed by atoms with van der Waals surface area (Å²) in [6.07, 6.45) is 1.67. The SMILES string of the molecule is Cc1cc(N)cnc1Nc1c(C)cc(Br)cc1C. The van der Waals surface area contributed by atoms with Crippen LogP contribution in [0.25, 0.3) is 0 Å². The van der Waals surface area contributed by atoms with Gasteiger partial charge in [0.05, 0.1) is 11.9 Å². The molecule has 94 valence electrons. The van der Waals surface area contributed by atoms with Crippen molar-refractivity contribution in [1.82, 2.24) is 4.98 Å². The first-order valence-corrected chi connectivity index (χ1v) is 6.52. The average Bonchev–Trinajstić information content (AvgIpc) is 2.25. The van der Waals surface area contributed by atoms with E-state index in [0.717, 1.165) is 21.5 Å². The minimum Gasteiger partial charge on any atom is -0.397 e. The van der Waals surface area contributed by atoms with Crippen LogP contribution in [0.2, 0.25) is 0 Å². The van der Waals surface area contributed by atoms with Crippen LogP contribution in [0.3, 0.4) is 0 Å². The predicted octanol–water partition coefficient (Wildman–Crippen LogP) is 4.10. The van der Waals surface area contributed by atoms with Gasteiger partial charge in [0.2, 0.25) is 0 Å². The van der Waals surface area contributed by atoms with Crippen molar-refractivity contribution in [3.8, 4) is 0 Å². The third-order valence-electron chi connectivity index (χ3n) is 2.84. The summed E-state index contributed by atoms with van der Waals surface area (Å²) in [7, 11) is 0. The van der Waals surface area contributed by atoms with Crippen LogP contribution in [0, 0.1) is 20.8 Å². The highest BCUT2D eigenvalue weighted by Gasteiger charge is 2.07. The van der Waals surface area contributed by atoms with Crippen molar-refractivity contribution in [1.29, 1.82) is 0 Å². The molecule has 1 heterocycles. The lowest BCUT2D eigenvalue weighted by Crippen LogP contribution is -2.01. The summed E-state index contributed by atoms with van der Waals surface area (Å²) in [5, 5.41) is 3.38. The van der Waals surface area contributed by atoms with E-state index in [1.165, 1.54) is 11.1 Å². The summed E-state index contributed by atoms with van der Waals surface area (Å²) in [6, 6.07) is 6.09. The molecule has 0 amide bonds. The highest BCUT2D eigenvalue weighted by atomic mass is 79.9. The first-order valence-electron chi connectivity index (χ1n) is 5.73. The minimum atomic E-state index is 0.683. The van der Waals surface area contributed by atoms with Crippen LogP contribution in [0.1, 0.15) is 16.7 Å². The van der Waals surface area contributed by atoms with Gasteiger partial charge >= 0.3 is 0 Å². The Morgan fingerprint density at radius 1 is 1.06 bits per heavy atom. The van der Waals surface area contributed by atoms with E-state index >= 15 is 0 Å². The Hall–Kier alpha value is -1.55. The van der Waals surface area contributed by atoms with Crippen LogP contribution in [-0.4, -0.2) is 4.98 Å². The molecule has 0 aliphatic carbocycles. The monoisotopic (exact) mass is 305 g/mol. The maximum Gasteiger partial charge on any atom is 0.133 e. The molecule has 18 heavy (non-hydrogen) atoms. The lowest BCUT2D eigenvalue weighted by molar-refractivity contribution is 1.24. The molecule has 0 unspecified atom stereocenters.